The first-order chi connectivity index (χ1) is 7.63. The molecule has 1 aromatic rings. The maximum absolute atomic E-state index is 11.5. The highest BCUT2D eigenvalue weighted by Gasteiger charge is 2.09. The first-order valence-corrected chi connectivity index (χ1v) is 6.59. The van der Waals surface area contributed by atoms with Crippen molar-refractivity contribution < 1.29 is 9.59 Å². The van der Waals surface area contributed by atoms with Gasteiger partial charge in [-0.05, 0) is 34.5 Å². The predicted molar refractivity (Wildman–Crippen MR) is 67.2 cm³/mol. The number of thiophene rings is 1. The molecule has 16 heavy (non-hydrogen) atoms. The van der Waals surface area contributed by atoms with Gasteiger partial charge in [0.15, 0.2) is 0 Å². The Labute approximate surface area is 107 Å². The molecule has 0 bridgehead atoms. The number of amides is 2. The minimum absolute atomic E-state index is 0.161. The molecule has 0 unspecified atom stereocenters. The van der Waals surface area contributed by atoms with Crippen molar-refractivity contribution in [2.75, 3.05) is 0 Å². The molecule has 0 atom stereocenters. The lowest BCUT2D eigenvalue weighted by molar-refractivity contribution is -0.121. The third-order valence-corrected chi connectivity index (χ3v) is 3.49. The van der Waals surface area contributed by atoms with Gasteiger partial charge in [-0.25, -0.2) is 0 Å². The molecule has 2 N–H and O–H groups in total. The Morgan fingerprint density at radius 1 is 1.38 bits per heavy atom. The van der Waals surface area contributed by atoms with Crippen LogP contribution < -0.4 is 10.9 Å². The molecular formula is C10H13BrN2O2S. The number of hydrogen-bond acceptors (Lipinski definition) is 3. The third kappa shape index (κ3) is 4.32. The van der Waals surface area contributed by atoms with E-state index in [1.54, 1.807) is 12.1 Å². The average Bonchev–Trinajstić information content (AvgIpc) is 2.69. The van der Waals surface area contributed by atoms with E-state index in [0.29, 0.717) is 11.3 Å². The van der Waals surface area contributed by atoms with Gasteiger partial charge in [0, 0.05) is 6.42 Å². The van der Waals surface area contributed by atoms with Gasteiger partial charge in [0.1, 0.15) is 0 Å². The van der Waals surface area contributed by atoms with Gasteiger partial charge in [-0.3, -0.25) is 20.4 Å². The summed E-state index contributed by atoms with van der Waals surface area (Å²) in [6, 6.07) is 3.49. The van der Waals surface area contributed by atoms with E-state index in [0.717, 1.165) is 16.6 Å². The lowest BCUT2D eigenvalue weighted by atomic mass is 10.2. The van der Waals surface area contributed by atoms with Crippen LogP contribution in [0.1, 0.15) is 35.9 Å². The Morgan fingerprint density at radius 3 is 2.69 bits per heavy atom. The van der Waals surface area contributed by atoms with Crippen molar-refractivity contribution in [1.29, 1.82) is 0 Å². The van der Waals surface area contributed by atoms with Crippen LogP contribution in [0, 0.1) is 0 Å². The van der Waals surface area contributed by atoms with E-state index in [1.807, 2.05) is 6.92 Å². The molecule has 6 heteroatoms. The van der Waals surface area contributed by atoms with Crippen molar-refractivity contribution >= 4 is 39.1 Å². The second-order valence-corrected chi connectivity index (χ2v) is 5.67. The zero-order valence-electron chi connectivity index (χ0n) is 8.88. The van der Waals surface area contributed by atoms with E-state index in [9.17, 15) is 9.59 Å². The molecule has 0 aliphatic heterocycles. The van der Waals surface area contributed by atoms with Crippen molar-refractivity contribution in [2.45, 2.75) is 26.2 Å². The molecule has 88 valence electrons. The number of nitrogens with one attached hydrogen (secondary N) is 2. The number of carbonyl (C=O) groups excluding carboxylic acids is 2. The number of hydrogen-bond donors (Lipinski definition) is 2. The summed E-state index contributed by atoms with van der Waals surface area (Å²) in [5.41, 5.74) is 4.75. The fourth-order valence-corrected chi connectivity index (χ4v) is 2.31. The van der Waals surface area contributed by atoms with Crippen molar-refractivity contribution in [2.24, 2.45) is 0 Å². The zero-order valence-corrected chi connectivity index (χ0v) is 11.3. The Hall–Kier alpha value is -0.880. The molecule has 0 fully saturated rings. The number of halogens is 1. The topological polar surface area (TPSA) is 58.2 Å². The Morgan fingerprint density at radius 2 is 2.12 bits per heavy atom. The third-order valence-electron chi connectivity index (χ3n) is 1.87. The fraction of sp³-hybridized carbons (Fsp3) is 0.400. The molecule has 2 amide bonds. The molecule has 0 aromatic carbocycles. The summed E-state index contributed by atoms with van der Waals surface area (Å²) in [5, 5.41) is 0. The SMILES string of the molecule is CCCCC(=O)NNC(=O)c1ccc(Br)s1. The van der Waals surface area contributed by atoms with E-state index in [-0.39, 0.29) is 11.8 Å². The van der Waals surface area contributed by atoms with Crippen molar-refractivity contribution in [3.63, 3.8) is 0 Å². The molecule has 0 spiro atoms. The van der Waals surface area contributed by atoms with E-state index < -0.39 is 0 Å². The fourth-order valence-electron chi connectivity index (χ4n) is 1.02. The highest BCUT2D eigenvalue weighted by atomic mass is 79.9. The molecule has 1 aromatic heterocycles. The lowest BCUT2D eigenvalue weighted by Crippen LogP contribution is -2.41. The first-order valence-electron chi connectivity index (χ1n) is 4.98. The Kier molecular flexibility index (Phi) is 5.48. The summed E-state index contributed by atoms with van der Waals surface area (Å²) in [7, 11) is 0. The smallest absolute Gasteiger partial charge is 0.273 e. The van der Waals surface area contributed by atoms with Gasteiger partial charge in [-0.1, -0.05) is 13.3 Å². The normalized spacial score (nSPS) is 9.88. The van der Waals surface area contributed by atoms with Crippen LogP contribution in [0.15, 0.2) is 15.9 Å². The minimum Gasteiger partial charge on any atom is -0.273 e. The van der Waals surface area contributed by atoms with Crippen LogP contribution in [-0.4, -0.2) is 11.8 Å². The maximum Gasteiger partial charge on any atom is 0.279 e. The molecule has 0 radical (unpaired) electrons. The molecule has 1 heterocycles. The summed E-state index contributed by atoms with van der Waals surface area (Å²) in [6.45, 7) is 2.01. The second-order valence-electron chi connectivity index (χ2n) is 3.21. The summed E-state index contributed by atoms with van der Waals surface area (Å²) in [4.78, 5) is 23.3. The Bertz CT molecular complexity index is 379. The largest absolute Gasteiger partial charge is 0.279 e. The average molecular weight is 305 g/mol. The summed E-state index contributed by atoms with van der Waals surface area (Å²) in [6.07, 6.45) is 2.22. The number of rotatable bonds is 4. The van der Waals surface area contributed by atoms with Crippen molar-refractivity contribution in [3.8, 4) is 0 Å². The Balaban J connectivity index is 2.33. The number of carbonyl (C=O) groups is 2. The van der Waals surface area contributed by atoms with Crippen LogP contribution in [0.5, 0.6) is 0 Å². The van der Waals surface area contributed by atoms with Crippen LogP contribution in [0.25, 0.3) is 0 Å². The van der Waals surface area contributed by atoms with Gasteiger partial charge < -0.3 is 0 Å². The second kappa shape index (κ2) is 6.65. The van der Waals surface area contributed by atoms with Gasteiger partial charge in [-0.15, -0.1) is 11.3 Å². The molecule has 0 saturated carbocycles. The van der Waals surface area contributed by atoms with Crippen LogP contribution >= 0.6 is 27.3 Å². The maximum atomic E-state index is 11.5. The molecule has 0 aliphatic rings. The minimum atomic E-state index is -0.291. The van der Waals surface area contributed by atoms with Gasteiger partial charge in [0.05, 0.1) is 8.66 Å². The van der Waals surface area contributed by atoms with Gasteiger partial charge >= 0.3 is 0 Å². The van der Waals surface area contributed by atoms with E-state index >= 15 is 0 Å². The molecule has 0 saturated heterocycles. The highest BCUT2D eigenvalue weighted by Crippen LogP contribution is 2.21. The highest BCUT2D eigenvalue weighted by molar-refractivity contribution is 9.11. The van der Waals surface area contributed by atoms with Gasteiger partial charge in [-0.2, -0.15) is 0 Å². The van der Waals surface area contributed by atoms with Gasteiger partial charge in [0.2, 0.25) is 5.91 Å². The van der Waals surface area contributed by atoms with Crippen molar-refractivity contribution in [1.82, 2.24) is 10.9 Å². The van der Waals surface area contributed by atoms with Crippen LogP contribution in [0.2, 0.25) is 0 Å². The first kappa shape index (κ1) is 13.2. The monoisotopic (exact) mass is 304 g/mol. The molecule has 4 nitrogen and oxygen atoms in total. The lowest BCUT2D eigenvalue weighted by Gasteiger charge is -2.05. The molecule has 0 aliphatic carbocycles. The van der Waals surface area contributed by atoms with E-state index in [1.165, 1.54) is 11.3 Å². The van der Waals surface area contributed by atoms with Gasteiger partial charge in [0.25, 0.3) is 5.91 Å². The van der Waals surface area contributed by atoms with Crippen molar-refractivity contribution in [3.05, 3.63) is 20.8 Å². The summed E-state index contributed by atoms with van der Waals surface area (Å²) in [5.74, 6) is -0.452. The summed E-state index contributed by atoms with van der Waals surface area (Å²) >= 11 is 4.58. The number of unbranched alkanes of at least 4 members (excludes halogenated alkanes) is 1. The number of hydrazine groups is 1. The summed E-state index contributed by atoms with van der Waals surface area (Å²) < 4.78 is 0.884. The zero-order chi connectivity index (χ0) is 12.0. The standard InChI is InChI=1S/C10H13BrN2O2S/c1-2-3-4-9(14)12-13-10(15)7-5-6-8(11)16-7/h5-6H,2-4H2,1H3,(H,12,14)(H,13,15). The van der Waals surface area contributed by atoms with Crippen LogP contribution in [-0.2, 0) is 4.79 Å². The predicted octanol–water partition coefficient (Wildman–Crippen LogP) is 2.46. The quantitative estimate of drug-likeness (QED) is 0.840. The molecular weight excluding hydrogens is 292 g/mol. The van der Waals surface area contributed by atoms with Crippen LogP contribution in [0.3, 0.4) is 0 Å². The molecule has 1 rings (SSSR count). The van der Waals surface area contributed by atoms with Crippen LogP contribution in [0.4, 0.5) is 0 Å². The van der Waals surface area contributed by atoms with E-state index in [2.05, 4.69) is 26.8 Å². The van der Waals surface area contributed by atoms with E-state index in [4.69, 9.17) is 0 Å².